The molecule has 0 radical (unpaired) electrons. The summed E-state index contributed by atoms with van der Waals surface area (Å²) in [6, 6.07) is 0. The molecular weight excluding hydrogens is 224 g/mol. The number of aliphatic hydroxyl groups is 3. The molecule has 0 unspecified atom stereocenters. The fourth-order valence-corrected chi connectivity index (χ4v) is 1.53. The third kappa shape index (κ3) is 2.51. The lowest BCUT2D eigenvalue weighted by atomic mass is 10.0. The number of anilines is 2. The quantitative estimate of drug-likeness (QED) is 0.424. The molecule has 0 spiro atoms. The van der Waals surface area contributed by atoms with E-state index in [1.54, 1.807) is 7.05 Å². The number of aromatic nitrogens is 2. The largest absolute Gasteiger partial charge is 0.394 e. The normalized spacial score (nSPS) is 11.8. The Morgan fingerprint density at radius 1 is 1.29 bits per heavy atom. The van der Waals surface area contributed by atoms with Gasteiger partial charge in [-0.3, -0.25) is 4.68 Å². The summed E-state index contributed by atoms with van der Waals surface area (Å²) in [5.74, 6) is 0.485. The van der Waals surface area contributed by atoms with Crippen molar-refractivity contribution in [1.82, 2.24) is 9.78 Å². The first-order chi connectivity index (χ1) is 8.03. The summed E-state index contributed by atoms with van der Waals surface area (Å²) in [6.07, 6.45) is 0.686. The number of aryl methyl sites for hydroxylation is 2. The highest BCUT2D eigenvalue weighted by Crippen LogP contribution is 2.25. The molecule has 0 aromatic carbocycles. The first kappa shape index (κ1) is 13.8. The number of aliphatic hydroxyl groups excluding tert-OH is 3. The molecule has 1 aromatic rings. The molecule has 0 saturated heterocycles. The molecule has 6 N–H and O–H groups in total. The molecule has 0 aliphatic carbocycles. The van der Waals surface area contributed by atoms with Crippen molar-refractivity contribution in [3.63, 3.8) is 0 Å². The van der Waals surface area contributed by atoms with Gasteiger partial charge in [-0.1, -0.05) is 6.92 Å². The Labute approximate surface area is 99.9 Å². The molecule has 1 aromatic heterocycles. The lowest BCUT2D eigenvalue weighted by molar-refractivity contribution is 0.0829. The summed E-state index contributed by atoms with van der Waals surface area (Å²) in [4.78, 5) is 0. The van der Waals surface area contributed by atoms with E-state index in [0.29, 0.717) is 17.9 Å². The van der Waals surface area contributed by atoms with Crippen LogP contribution in [-0.2, 0) is 13.5 Å². The number of nitrogen functional groups attached to an aromatic ring is 1. The van der Waals surface area contributed by atoms with Crippen LogP contribution in [0.5, 0.6) is 0 Å². The van der Waals surface area contributed by atoms with Gasteiger partial charge in [0.2, 0.25) is 0 Å². The average Bonchev–Trinajstić information content (AvgIpc) is 2.62. The fraction of sp³-hybridized carbons (Fsp3) is 0.700. The minimum Gasteiger partial charge on any atom is -0.394 e. The maximum Gasteiger partial charge on any atom is 0.148 e. The van der Waals surface area contributed by atoms with Gasteiger partial charge in [0.1, 0.15) is 11.4 Å². The van der Waals surface area contributed by atoms with Gasteiger partial charge in [0.15, 0.2) is 0 Å². The smallest absolute Gasteiger partial charge is 0.148 e. The molecule has 0 aliphatic heterocycles. The first-order valence-electron chi connectivity index (χ1n) is 5.45. The van der Waals surface area contributed by atoms with Crippen LogP contribution in [-0.4, -0.2) is 50.5 Å². The minimum absolute atomic E-state index is 0.411. The standard InChI is InChI=1S/C10H20N4O3/c1-3-7-8(11)9(14(2)13-7)12-10(4-15,5-16)6-17/h12,15-17H,3-6,11H2,1-2H3. The molecule has 7 heteroatoms. The van der Waals surface area contributed by atoms with Gasteiger partial charge in [-0.25, -0.2) is 0 Å². The van der Waals surface area contributed by atoms with E-state index < -0.39 is 25.4 Å². The number of nitrogens with zero attached hydrogens (tertiary/aromatic N) is 2. The van der Waals surface area contributed by atoms with Crippen LogP contribution in [0.25, 0.3) is 0 Å². The SMILES string of the molecule is CCc1nn(C)c(NC(CO)(CO)CO)c1N. The van der Waals surface area contributed by atoms with Crippen LogP contribution in [0.4, 0.5) is 11.5 Å². The van der Waals surface area contributed by atoms with Crippen molar-refractivity contribution in [2.45, 2.75) is 18.9 Å². The van der Waals surface area contributed by atoms with Gasteiger partial charge >= 0.3 is 0 Å². The Morgan fingerprint density at radius 2 is 1.82 bits per heavy atom. The molecule has 1 rings (SSSR count). The Kier molecular flexibility index (Phi) is 4.33. The summed E-state index contributed by atoms with van der Waals surface area (Å²) in [5.41, 5.74) is 5.90. The monoisotopic (exact) mass is 244 g/mol. The van der Waals surface area contributed by atoms with E-state index in [1.165, 1.54) is 4.68 Å². The summed E-state index contributed by atoms with van der Waals surface area (Å²) in [7, 11) is 1.70. The van der Waals surface area contributed by atoms with Gasteiger partial charge < -0.3 is 26.4 Å². The summed E-state index contributed by atoms with van der Waals surface area (Å²) < 4.78 is 1.53. The van der Waals surface area contributed by atoms with E-state index in [2.05, 4.69) is 10.4 Å². The lowest BCUT2D eigenvalue weighted by Gasteiger charge is -2.29. The van der Waals surface area contributed by atoms with Crippen LogP contribution >= 0.6 is 0 Å². The van der Waals surface area contributed by atoms with Crippen LogP contribution in [0.2, 0.25) is 0 Å². The summed E-state index contributed by atoms with van der Waals surface area (Å²) in [6.45, 7) is 0.699. The van der Waals surface area contributed by atoms with Crippen LogP contribution < -0.4 is 11.1 Å². The number of nitrogens with one attached hydrogen (secondary N) is 1. The highest BCUT2D eigenvalue weighted by molar-refractivity contribution is 5.66. The Bertz CT molecular complexity index is 366. The molecule has 0 aliphatic rings. The van der Waals surface area contributed by atoms with E-state index in [0.717, 1.165) is 5.69 Å². The third-order valence-corrected chi connectivity index (χ3v) is 2.79. The number of hydrogen-bond donors (Lipinski definition) is 5. The molecular formula is C10H20N4O3. The highest BCUT2D eigenvalue weighted by atomic mass is 16.3. The molecule has 7 nitrogen and oxygen atoms in total. The number of rotatable bonds is 6. The number of nitrogens with two attached hydrogens (primary N) is 1. The molecule has 0 atom stereocenters. The Balaban J connectivity index is 3.05. The van der Waals surface area contributed by atoms with Crippen molar-refractivity contribution >= 4 is 11.5 Å². The zero-order chi connectivity index (χ0) is 13.1. The molecule has 17 heavy (non-hydrogen) atoms. The van der Waals surface area contributed by atoms with Gasteiger partial charge in [0.25, 0.3) is 0 Å². The Morgan fingerprint density at radius 3 is 2.18 bits per heavy atom. The van der Waals surface area contributed by atoms with Gasteiger partial charge in [-0.05, 0) is 6.42 Å². The fourth-order valence-electron chi connectivity index (χ4n) is 1.53. The molecule has 0 amide bonds. The van der Waals surface area contributed by atoms with E-state index >= 15 is 0 Å². The van der Waals surface area contributed by atoms with E-state index in [9.17, 15) is 15.3 Å². The maximum atomic E-state index is 9.23. The number of hydrogen-bond acceptors (Lipinski definition) is 6. The van der Waals surface area contributed by atoms with E-state index in [-0.39, 0.29) is 0 Å². The summed E-state index contributed by atoms with van der Waals surface area (Å²) >= 11 is 0. The van der Waals surface area contributed by atoms with Gasteiger partial charge in [0, 0.05) is 7.05 Å². The second-order valence-electron chi connectivity index (χ2n) is 4.07. The van der Waals surface area contributed by atoms with E-state index in [1.807, 2.05) is 6.92 Å². The Hall–Kier alpha value is -1.31. The van der Waals surface area contributed by atoms with Gasteiger partial charge in [-0.2, -0.15) is 5.10 Å². The highest BCUT2D eigenvalue weighted by Gasteiger charge is 2.30. The second-order valence-corrected chi connectivity index (χ2v) is 4.07. The molecule has 0 bridgehead atoms. The second kappa shape index (κ2) is 5.35. The maximum absolute atomic E-state index is 9.23. The average molecular weight is 244 g/mol. The van der Waals surface area contributed by atoms with Gasteiger partial charge in [-0.15, -0.1) is 0 Å². The molecule has 98 valence electrons. The topological polar surface area (TPSA) is 117 Å². The van der Waals surface area contributed by atoms with Crippen molar-refractivity contribution in [3.8, 4) is 0 Å². The van der Waals surface area contributed by atoms with Crippen LogP contribution in [0, 0.1) is 0 Å². The van der Waals surface area contributed by atoms with Crippen LogP contribution in [0.3, 0.4) is 0 Å². The van der Waals surface area contributed by atoms with Crippen LogP contribution in [0.15, 0.2) is 0 Å². The van der Waals surface area contributed by atoms with Crippen molar-refractivity contribution < 1.29 is 15.3 Å². The predicted molar refractivity (Wildman–Crippen MR) is 64.6 cm³/mol. The van der Waals surface area contributed by atoms with Crippen molar-refractivity contribution in [2.75, 3.05) is 30.9 Å². The zero-order valence-electron chi connectivity index (χ0n) is 10.1. The summed E-state index contributed by atoms with van der Waals surface area (Å²) in [5, 5.41) is 34.8. The first-order valence-corrected chi connectivity index (χ1v) is 5.45. The molecule has 1 heterocycles. The molecule has 0 fully saturated rings. The zero-order valence-corrected chi connectivity index (χ0v) is 10.1. The molecule has 0 saturated carbocycles. The third-order valence-electron chi connectivity index (χ3n) is 2.79. The van der Waals surface area contributed by atoms with Gasteiger partial charge in [0.05, 0.1) is 31.2 Å². The predicted octanol–water partition coefficient (Wildman–Crippen LogP) is -1.31. The van der Waals surface area contributed by atoms with E-state index in [4.69, 9.17) is 5.73 Å². The van der Waals surface area contributed by atoms with Crippen molar-refractivity contribution in [1.29, 1.82) is 0 Å². The lowest BCUT2D eigenvalue weighted by Crippen LogP contribution is -2.49. The van der Waals surface area contributed by atoms with Crippen molar-refractivity contribution in [3.05, 3.63) is 5.69 Å². The minimum atomic E-state index is -1.20. The van der Waals surface area contributed by atoms with Crippen molar-refractivity contribution in [2.24, 2.45) is 7.05 Å². The van der Waals surface area contributed by atoms with Crippen LogP contribution in [0.1, 0.15) is 12.6 Å².